The van der Waals surface area contributed by atoms with Crippen molar-refractivity contribution in [3.63, 3.8) is 0 Å². The van der Waals surface area contributed by atoms with Crippen molar-refractivity contribution in [2.24, 2.45) is 0 Å². The lowest BCUT2D eigenvalue weighted by atomic mass is 10.1. The molecule has 5 nitrogen and oxygen atoms in total. The molecule has 33 heavy (non-hydrogen) atoms. The zero-order valence-electron chi connectivity index (χ0n) is 18.7. The van der Waals surface area contributed by atoms with Crippen LogP contribution in [0.25, 0.3) is 0 Å². The molecule has 1 N–H and O–H groups in total. The molecule has 174 valence electrons. The van der Waals surface area contributed by atoms with E-state index in [4.69, 9.17) is 37.4 Å². The highest BCUT2D eigenvalue weighted by atomic mass is 35.5. The Labute approximate surface area is 205 Å². The average molecular weight is 487 g/mol. The normalized spacial score (nSPS) is 13.6. The Balaban J connectivity index is 1.48. The van der Waals surface area contributed by atoms with Gasteiger partial charge in [-0.15, -0.1) is 0 Å². The molecule has 0 unspecified atom stereocenters. The molecule has 0 atom stereocenters. The molecule has 0 bridgehead atoms. The van der Waals surface area contributed by atoms with Crippen LogP contribution < -0.4 is 19.7 Å². The predicted octanol–water partition coefficient (Wildman–Crippen LogP) is 6.42. The second-order valence-electron chi connectivity index (χ2n) is 7.68. The molecule has 0 radical (unpaired) electrons. The van der Waals surface area contributed by atoms with Crippen LogP contribution in [0, 0.1) is 0 Å². The molecule has 0 aromatic heterocycles. The monoisotopic (exact) mass is 486 g/mol. The lowest BCUT2D eigenvalue weighted by Crippen LogP contribution is -2.36. The Bertz CT molecular complexity index is 1070. The van der Waals surface area contributed by atoms with Gasteiger partial charge in [-0.2, -0.15) is 0 Å². The number of rotatable bonds is 9. The van der Waals surface area contributed by atoms with E-state index in [9.17, 15) is 0 Å². The largest absolute Gasteiger partial charge is 0.490 e. The van der Waals surface area contributed by atoms with E-state index in [1.54, 1.807) is 0 Å². The Hall–Kier alpha value is -2.60. The number of nitrogens with zero attached hydrogens (tertiary/aromatic N) is 1. The maximum Gasteiger partial charge on any atom is 0.166 e. The minimum atomic E-state index is 0.358. The second kappa shape index (κ2) is 11.5. The summed E-state index contributed by atoms with van der Waals surface area (Å²) in [5.41, 5.74) is 3.89. The fourth-order valence-electron chi connectivity index (χ4n) is 3.77. The molecule has 1 aliphatic rings. The van der Waals surface area contributed by atoms with Gasteiger partial charge in [0.05, 0.1) is 30.5 Å². The quantitative estimate of drug-likeness (QED) is 0.377. The van der Waals surface area contributed by atoms with Crippen LogP contribution in [0.15, 0.2) is 60.7 Å². The first-order valence-electron chi connectivity index (χ1n) is 11.1. The average Bonchev–Trinajstić information content (AvgIpc) is 2.84. The number of ether oxygens (including phenoxy) is 3. The van der Waals surface area contributed by atoms with Crippen molar-refractivity contribution in [2.45, 2.75) is 20.1 Å². The summed E-state index contributed by atoms with van der Waals surface area (Å²) in [5.74, 6) is 1.42. The Morgan fingerprint density at radius 2 is 1.70 bits per heavy atom. The van der Waals surface area contributed by atoms with E-state index in [-0.39, 0.29) is 0 Å². The molecule has 3 aromatic carbocycles. The maximum absolute atomic E-state index is 6.59. The van der Waals surface area contributed by atoms with E-state index in [0.717, 1.165) is 53.8 Å². The van der Waals surface area contributed by atoms with Gasteiger partial charge in [-0.1, -0.05) is 53.5 Å². The molecule has 1 heterocycles. The molecule has 7 heteroatoms. The Kier molecular flexibility index (Phi) is 8.21. The predicted molar refractivity (Wildman–Crippen MR) is 135 cm³/mol. The molecule has 4 rings (SSSR count). The van der Waals surface area contributed by atoms with Gasteiger partial charge >= 0.3 is 0 Å². The second-order valence-corrected chi connectivity index (χ2v) is 8.49. The summed E-state index contributed by atoms with van der Waals surface area (Å²) in [6, 6.07) is 19.7. The highest BCUT2D eigenvalue weighted by molar-refractivity contribution is 6.33. The number of hydrogen-bond donors (Lipinski definition) is 1. The van der Waals surface area contributed by atoms with Gasteiger partial charge in [0, 0.05) is 41.5 Å². The fraction of sp³-hybridized carbons (Fsp3) is 0.308. The van der Waals surface area contributed by atoms with E-state index in [1.807, 2.05) is 61.5 Å². The van der Waals surface area contributed by atoms with Gasteiger partial charge < -0.3 is 24.4 Å². The highest BCUT2D eigenvalue weighted by Gasteiger charge is 2.15. The van der Waals surface area contributed by atoms with Crippen molar-refractivity contribution in [1.82, 2.24) is 0 Å². The summed E-state index contributed by atoms with van der Waals surface area (Å²) in [6.07, 6.45) is 0. The van der Waals surface area contributed by atoms with Crippen LogP contribution in [0.3, 0.4) is 0 Å². The van der Waals surface area contributed by atoms with Crippen LogP contribution in [0.4, 0.5) is 11.4 Å². The number of para-hydroxylation sites is 1. The summed E-state index contributed by atoms with van der Waals surface area (Å²) < 4.78 is 17.5. The van der Waals surface area contributed by atoms with Gasteiger partial charge in [0.25, 0.3) is 0 Å². The van der Waals surface area contributed by atoms with Crippen molar-refractivity contribution in [2.75, 3.05) is 43.1 Å². The van der Waals surface area contributed by atoms with Gasteiger partial charge in [-0.3, -0.25) is 0 Å². The third-order valence-corrected chi connectivity index (χ3v) is 6.14. The molecule has 0 amide bonds. The number of hydrogen-bond acceptors (Lipinski definition) is 5. The van der Waals surface area contributed by atoms with Crippen molar-refractivity contribution in [3.05, 3.63) is 81.8 Å². The number of nitrogens with one attached hydrogen (secondary N) is 1. The summed E-state index contributed by atoms with van der Waals surface area (Å²) >= 11 is 12.9. The van der Waals surface area contributed by atoms with Gasteiger partial charge in [-0.25, -0.2) is 0 Å². The molecule has 0 spiro atoms. The van der Waals surface area contributed by atoms with Crippen molar-refractivity contribution in [3.8, 4) is 11.5 Å². The van der Waals surface area contributed by atoms with Crippen LogP contribution >= 0.6 is 23.2 Å². The summed E-state index contributed by atoms with van der Waals surface area (Å²) in [5, 5.41) is 4.87. The number of halogens is 2. The summed E-state index contributed by atoms with van der Waals surface area (Å²) in [4.78, 5) is 2.25. The van der Waals surface area contributed by atoms with Gasteiger partial charge in [0.1, 0.15) is 6.61 Å². The fourth-order valence-corrected chi connectivity index (χ4v) is 4.26. The van der Waals surface area contributed by atoms with Crippen molar-refractivity contribution >= 4 is 34.6 Å². The molecule has 0 saturated carbocycles. The van der Waals surface area contributed by atoms with Crippen LogP contribution in [0.5, 0.6) is 11.5 Å². The number of morpholine rings is 1. The maximum atomic E-state index is 6.59. The molecule has 1 saturated heterocycles. The van der Waals surface area contributed by atoms with E-state index >= 15 is 0 Å². The number of benzene rings is 3. The van der Waals surface area contributed by atoms with E-state index < -0.39 is 0 Å². The molecule has 0 aliphatic carbocycles. The molecule has 1 fully saturated rings. The van der Waals surface area contributed by atoms with Crippen LogP contribution in [0.2, 0.25) is 10.0 Å². The Morgan fingerprint density at radius 3 is 2.45 bits per heavy atom. The molecular weight excluding hydrogens is 459 g/mol. The third-order valence-electron chi connectivity index (χ3n) is 5.47. The van der Waals surface area contributed by atoms with Crippen molar-refractivity contribution in [1.29, 1.82) is 0 Å². The minimum absolute atomic E-state index is 0.358. The van der Waals surface area contributed by atoms with Crippen molar-refractivity contribution < 1.29 is 14.2 Å². The molecule has 1 aliphatic heterocycles. The smallest absolute Gasteiger partial charge is 0.166 e. The van der Waals surface area contributed by atoms with E-state index in [1.165, 1.54) is 0 Å². The zero-order valence-corrected chi connectivity index (χ0v) is 20.2. The minimum Gasteiger partial charge on any atom is -0.490 e. The van der Waals surface area contributed by atoms with Crippen LogP contribution in [-0.4, -0.2) is 32.9 Å². The van der Waals surface area contributed by atoms with Gasteiger partial charge in [0.2, 0.25) is 0 Å². The first-order valence-corrected chi connectivity index (χ1v) is 11.9. The van der Waals surface area contributed by atoms with Crippen LogP contribution in [-0.2, 0) is 17.9 Å². The molecule has 3 aromatic rings. The van der Waals surface area contributed by atoms with Crippen LogP contribution in [0.1, 0.15) is 18.1 Å². The number of anilines is 2. The zero-order chi connectivity index (χ0) is 23.0. The Morgan fingerprint density at radius 1 is 0.909 bits per heavy atom. The van der Waals surface area contributed by atoms with E-state index in [0.29, 0.717) is 36.3 Å². The molecular formula is C26H28Cl2N2O3. The first-order chi connectivity index (χ1) is 16.2. The SMILES string of the molecule is CCOc1cccc(CNc2ccc(N3CCOCC3)c(Cl)c2)c1OCc1ccccc1Cl. The van der Waals surface area contributed by atoms with Gasteiger partial charge in [-0.05, 0) is 37.3 Å². The topological polar surface area (TPSA) is 43.0 Å². The summed E-state index contributed by atoms with van der Waals surface area (Å²) in [7, 11) is 0. The standard InChI is InChI=1S/C26H28Cl2N2O3/c1-2-32-25-9-5-7-19(26(25)33-18-20-6-3-4-8-22(20)27)17-29-21-10-11-24(23(28)16-21)30-12-14-31-15-13-30/h3-11,16,29H,2,12-15,17-18H2,1H3. The third kappa shape index (κ3) is 6.05. The van der Waals surface area contributed by atoms with Gasteiger partial charge in [0.15, 0.2) is 11.5 Å². The lowest BCUT2D eigenvalue weighted by Gasteiger charge is -2.29. The highest BCUT2D eigenvalue weighted by Crippen LogP contribution is 2.34. The summed E-state index contributed by atoms with van der Waals surface area (Å²) in [6.45, 7) is 6.58. The van der Waals surface area contributed by atoms with E-state index in [2.05, 4.69) is 16.3 Å². The first kappa shape index (κ1) is 23.6. The lowest BCUT2D eigenvalue weighted by molar-refractivity contribution is 0.122.